The molecule has 1 aliphatic heterocycles. The third-order valence-corrected chi connectivity index (χ3v) is 5.15. The molecule has 0 aliphatic carbocycles. The van der Waals surface area contributed by atoms with Crippen molar-refractivity contribution in [3.05, 3.63) is 0 Å². The minimum Gasteiger partial charge on any atom is -0.317 e. The number of unbranched alkanes of at least 4 members (excludes halogenated alkanes) is 3. The summed E-state index contributed by atoms with van der Waals surface area (Å²) in [5, 5.41) is 4.21. The van der Waals surface area contributed by atoms with Crippen molar-refractivity contribution in [2.24, 2.45) is 0 Å². The first kappa shape index (κ1) is 15.3. The summed E-state index contributed by atoms with van der Waals surface area (Å²) >= 11 is 2.13. The van der Waals surface area contributed by atoms with E-state index in [1.165, 1.54) is 51.1 Å². The van der Waals surface area contributed by atoms with Crippen molar-refractivity contribution < 1.29 is 0 Å². The first-order valence-electron chi connectivity index (χ1n) is 7.32. The van der Waals surface area contributed by atoms with Crippen LogP contribution in [0.2, 0.25) is 0 Å². The Kier molecular flexibility index (Phi) is 8.33. The number of nitrogens with one attached hydrogen (secondary N) is 1. The fourth-order valence-electron chi connectivity index (χ4n) is 2.41. The van der Waals surface area contributed by atoms with E-state index in [9.17, 15) is 0 Å². The summed E-state index contributed by atoms with van der Waals surface area (Å²) in [5.74, 6) is 1.33. The van der Waals surface area contributed by atoms with Gasteiger partial charge in [0.2, 0.25) is 0 Å². The molecular formula is C14H30N2S. The highest BCUT2D eigenvalue weighted by Crippen LogP contribution is 2.24. The fourth-order valence-corrected chi connectivity index (χ4v) is 3.57. The molecule has 0 aromatic heterocycles. The van der Waals surface area contributed by atoms with Crippen molar-refractivity contribution >= 4 is 11.8 Å². The van der Waals surface area contributed by atoms with Gasteiger partial charge in [-0.05, 0) is 39.4 Å². The Labute approximate surface area is 112 Å². The van der Waals surface area contributed by atoms with Gasteiger partial charge in [-0.3, -0.25) is 4.90 Å². The van der Waals surface area contributed by atoms with Crippen LogP contribution in [-0.4, -0.2) is 48.1 Å². The lowest BCUT2D eigenvalue weighted by Crippen LogP contribution is -2.44. The molecule has 0 aromatic carbocycles. The lowest BCUT2D eigenvalue weighted by atomic mass is 10.1. The van der Waals surface area contributed by atoms with Gasteiger partial charge in [-0.25, -0.2) is 0 Å². The topological polar surface area (TPSA) is 15.3 Å². The number of hydrogen-bond acceptors (Lipinski definition) is 3. The predicted molar refractivity (Wildman–Crippen MR) is 80.0 cm³/mol. The molecule has 1 N–H and O–H groups in total. The number of hydrogen-bond donors (Lipinski definition) is 1. The number of rotatable bonds is 8. The van der Waals surface area contributed by atoms with Gasteiger partial charge >= 0.3 is 0 Å². The van der Waals surface area contributed by atoms with Crippen molar-refractivity contribution in [3.8, 4) is 0 Å². The second kappa shape index (κ2) is 9.23. The molecular weight excluding hydrogens is 228 g/mol. The largest absolute Gasteiger partial charge is 0.317 e. The summed E-state index contributed by atoms with van der Waals surface area (Å²) in [4.78, 5) is 2.69. The molecule has 3 heteroatoms. The van der Waals surface area contributed by atoms with Crippen LogP contribution in [-0.2, 0) is 0 Å². The minimum absolute atomic E-state index is 0.774. The summed E-state index contributed by atoms with van der Waals surface area (Å²) in [6.45, 7) is 11.9. The monoisotopic (exact) mass is 258 g/mol. The number of thioether (sulfide) groups is 1. The lowest BCUT2D eigenvalue weighted by Gasteiger charge is -2.37. The average molecular weight is 258 g/mol. The Morgan fingerprint density at radius 1 is 1.18 bits per heavy atom. The molecule has 17 heavy (non-hydrogen) atoms. The van der Waals surface area contributed by atoms with Gasteiger partial charge in [-0.2, -0.15) is 11.8 Å². The molecule has 0 saturated carbocycles. The van der Waals surface area contributed by atoms with Crippen LogP contribution in [0.5, 0.6) is 0 Å². The summed E-state index contributed by atoms with van der Waals surface area (Å²) in [6.07, 6.45) is 5.51. The molecule has 0 radical (unpaired) electrons. The highest BCUT2D eigenvalue weighted by Gasteiger charge is 2.24. The summed E-state index contributed by atoms with van der Waals surface area (Å²) in [6, 6.07) is 0.774. The van der Waals surface area contributed by atoms with Crippen LogP contribution < -0.4 is 5.32 Å². The Balaban J connectivity index is 1.98. The molecule has 0 amide bonds. The van der Waals surface area contributed by atoms with Gasteiger partial charge in [0.1, 0.15) is 0 Å². The summed E-state index contributed by atoms with van der Waals surface area (Å²) in [5.41, 5.74) is 0. The second-order valence-corrected chi connectivity index (χ2v) is 6.61. The first-order chi connectivity index (χ1) is 8.25. The molecule has 0 bridgehead atoms. The zero-order chi connectivity index (χ0) is 12.5. The highest BCUT2D eigenvalue weighted by molar-refractivity contribution is 8.00. The maximum atomic E-state index is 3.39. The van der Waals surface area contributed by atoms with E-state index in [1.807, 2.05) is 0 Å². The molecule has 2 unspecified atom stereocenters. The standard InChI is InChI=1S/C14H30N2S/c1-4-15-9-7-5-6-8-10-16-11-12-17-14(3)13(16)2/h13-15H,4-12H2,1-3H3. The maximum absolute atomic E-state index is 3.39. The molecule has 1 fully saturated rings. The molecule has 1 saturated heterocycles. The van der Waals surface area contributed by atoms with Crippen molar-refractivity contribution in [3.63, 3.8) is 0 Å². The van der Waals surface area contributed by atoms with E-state index in [0.717, 1.165) is 17.8 Å². The fraction of sp³-hybridized carbons (Fsp3) is 1.00. The average Bonchev–Trinajstić information content (AvgIpc) is 2.33. The predicted octanol–water partition coefficient (Wildman–Crippen LogP) is 2.98. The van der Waals surface area contributed by atoms with Crippen LogP contribution in [0, 0.1) is 0 Å². The van der Waals surface area contributed by atoms with Gasteiger partial charge in [0.05, 0.1) is 0 Å². The smallest absolute Gasteiger partial charge is 0.0184 e. The SMILES string of the molecule is CCNCCCCCCN1CCSC(C)C1C. The Morgan fingerprint density at radius 2 is 1.94 bits per heavy atom. The molecule has 1 rings (SSSR count). The van der Waals surface area contributed by atoms with E-state index in [2.05, 4.69) is 42.7 Å². The minimum atomic E-state index is 0.774. The van der Waals surface area contributed by atoms with E-state index in [1.54, 1.807) is 0 Å². The molecule has 2 atom stereocenters. The van der Waals surface area contributed by atoms with E-state index in [4.69, 9.17) is 0 Å². The second-order valence-electron chi connectivity index (χ2n) is 5.12. The lowest BCUT2D eigenvalue weighted by molar-refractivity contribution is 0.208. The molecule has 0 spiro atoms. The zero-order valence-corrected chi connectivity index (χ0v) is 12.7. The normalized spacial score (nSPS) is 26.3. The van der Waals surface area contributed by atoms with Gasteiger partial charge < -0.3 is 5.32 Å². The van der Waals surface area contributed by atoms with Crippen LogP contribution in [0.25, 0.3) is 0 Å². The summed E-state index contributed by atoms with van der Waals surface area (Å²) < 4.78 is 0. The van der Waals surface area contributed by atoms with Crippen molar-refractivity contribution in [2.45, 2.75) is 57.7 Å². The quantitative estimate of drug-likeness (QED) is 0.674. The highest BCUT2D eigenvalue weighted by atomic mass is 32.2. The molecule has 2 nitrogen and oxygen atoms in total. The van der Waals surface area contributed by atoms with Crippen LogP contribution in [0.4, 0.5) is 0 Å². The summed E-state index contributed by atoms with van der Waals surface area (Å²) in [7, 11) is 0. The number of nitrogens with zero attached hydrogens (tertiary/aromatic N) is 1. The van der Waals surface area contributed by atoms with Crippen LogP contribution in [0.3, 0.4) is 0 Å². The Hall–Kier alpha value is 0.270. The van der Waals surface area contributed by atoms with E-state index in [0.29, 0.717) is 0 Å². The van der Waals surface area contributed by atoms with Crippen molar-refractivity contribution in [1.82, 2.24) is 10.2 Å². The molecule has 1 aliphatic rings. The van der Waals surface area contributed by atoms with Crippen LogP contribution in [0.1, 0.15) is 46.5 Å². The van der Waals surface area contributed by atoms with Crippen molar-refractivity contribution in [2.75, 3.05) is 31.9 Å². The third kappa shape index (κ3) is 6.12. The van der Waals surface area contributed by atoms with E-state index in [-0.39, 0.29) is 0 Å². The third-order valence-electron chi connectivity index (χ3n) is 3.81. The molecule has 0 aromatic rings. The van der Waals surface area contributed by atoms with Crippen molar-refractivity contribution in [1.29, 1.82) is 0 Å². The van der Waals surface area contributed by atoms with Gasteiger partial charge in [-0.15, -0.1) is 0 Å². The Bertz CT molecular complexity index is 187. The zero-order valence-electron chi connectivity index (χ0n) is 11.9. The Morgan fingerprint density at radius 3 is 2.71 bits per heavy atom. The van der Waals surface area contributed by atoms with E-state index >= 15 is 0 Å². The van der Waals surface area contributed by atoms with Crippen LogP contribution in [0.15, 0.2) is 0 Å². The van der Waals surface area contributed by atoms with E-state index < -0.39 is 0 Å². The first-order valence-corrected chi connectivity index (χ1v) is 8.37. The maximum Gasteiger partial charge on any atom is 0.0184 e. The van der Waals surface area contributed by atoms with Gasteiger partial charge in [0.15, 0.2) is 0 Å². The van der Waals surface area contributed by atoms with Gasteiger partial charge in [0.25, 0.3) is 0 Å². The van der Waals surface area contributed by atoms with Crippen LogP contribution >= 0.6 is 11.8 Å². The van der Waals surface area contributed by atoms with Gasteiger partial charge in [-0.1, -0.05) is 26.7 Å². The molecule has 1 heterocycles. The van der Waals surface area contributed by atoms with Gasteiger partial charge in [0, 0.05) is 23.6 Å². The molecule has 102 valence electrons.